The highest BCUT2D eigenvalue weighted by Gasteiger charge is 2.16. The van der Waals surface area contributed by atoms with E-state index in [1.807, 2.05) is 6.07 Å². The molecule has 74 valence electrons. The highest BCUT2D eigenvalue weighted by atomic mass is 16.3. The van der Waals surface area contributed by atoms with E-state index < -0.39 is 0 Å². The van der Waals surface area contributed by atoms with Gasteiger partial charge in [0.05, 0.1) is 17.4 Å². The van der Waals surface area contributed by atoms with Crippen LogP contribution in [-0.2, 0) is 0 Å². The lowest BCUT2D eigenvalue weighted by molar-refractivity contribution is 0.101. The van der Waals surface area contributed by atoms with Crippen LogP contribution in [0.25, 0.3) is 11.3 Å². The van der Waals surface area contributed by atoms with Gasteiger partial charge in [-0.3, -0.25) is 4.79 Å². The first-order valence-electron chi connectivity index (χ1n) is 4.40. The van der Waals surface area contributed by atoms with E-state index >= 15 is 0 Å². The summed E-state index contributed by atoms with van der Waals surface area (Å²) in [7, 11) is 0. The third-order valence-corrected chi connectivity index (χ3v) is 2.13. The van der Waals surface area contributed by atoms with E-state index in [0.717, 1.165) is 0 Å². The highest BCUT2D eigenvalue weighted by Crippen LogP contribution is 2.26. The number of nitriles is 1. The number of nitrogens with one attached hydrogen (secondary N) is 1. The zero-order valence-electron chi connectivity index (χ0n) is 8.07. The number of hydrogen-bond donors (Lipinski definition) is 1. The first-order chi connectivity index (χ1) is 7.24. The maximum Gasteiger partial charge on any atom is 0.177 e. The van der Waals surface area contributed by atoms with E-state index in [1.54, 1.807) is 18.3 Å². The van der Waals surface area contributed by atoms with E-state index in [-0.39, 0.29) is 5.78 Å². The lowest BCUT2D eigenvalue weighted by atomic mass is 10.1. The molecule has 0 aliphatic rings. The number of rotatable bonds is 2. The molecule has 0 aliphatic heterocycles. The van der Waals surface area contributed by atoms with Gasteiger partial charge in [-0.15, -0.1) is 0 Å². The van der Waals surface area contributed by atoms with Crippen molar-refractivity contribution in [2.24, 2.45) is 0 Å². The molecule has 0 radical (unpaired) electrons. The SMILES string of the molecule is CC(=O)c1[nH]cc(-c2ccco2)c1C#N. The summed E-state index contributed by atoms with van der Waals surface area (Å²) in [5.41, 5.74) is 1.27. The Hall–Kier alpha value is -2.28. The molecule has 0 aliphatic carbocycles. The van der Waals surface area contributed by atoms with Gasteiger partial charge in [-0.2, -0.15) is 5.26 Å². The monoisotopic (exact) mass is 200 g/mol. The van der Waals surface area contributed by atoms with Crippen molar-refractivity contribution in [3.63, 3.8) is 0 Å². The topological polar surface area (TPSA) is 69.8 Å². The fourth-order valence-electron chi connectivity index (χ4n) is 1.44. The lowest BCUT2D eigenvalue weighted by Crippen LogP contribution is -1.95. The number of aromatic amines is 1. The number of aromatic nitrogens is 1. The first-order valence-corrected chi connectivity index (χ1v) is 4.40. The van der Waals surface area contributed by atoms with Crippen LogP contribution in [0.4, 0.5) is 0 Å². The van der Waals surface area contributed by atoms with Gasteiger partial charge < -0.3 is 9.40 Å². The Morgan fingerprint density at radius 2 is 2.40 bits per heavy atom. The van der Waals surface area contributed by atoms with Gasteiger partial charge in [0, 0.05) is 13.1 Å². The molecule has 0 saturated carbocycles. The van der Waals surface area contributed by atoms with Gasteiger partial charge in [0.15, 0.2) is 5.78 Å². The normalized spacial score (nSPS) is 9.87. The number of carbonyl (C=O) groups is 1. The van der Waals surface area contributed by atoms with Gasteiger partial charge in [0.1, 0.15) is 17.5 Å². The molecule has 4 nitrogen and oxygen atoms in total. The zero-order chi connectivity index (χ0) is 10.8. The van der Waals surface area contributed by atoms with Crippen LogP contribution in [0.3, 0.4) is 0 Å². The summed E-state index contributed by atoms with van der Waals surface area (Å²) in [6, 6.07) is 5.48. The molecule has 0 spiro atoms. The number of hydrogen-bond acceptors (Lipinski definition) is 3. The fraction of sp³-hybridized carbons (Fsp3) is 0.0909. The molecule has 2 heterocycles. The average molecular weight is 200 g/mol. The van der Waals surface area contributed by atoms with Crippen molar-refractivity contribution in [1.29, 1.82) is 5.26 Å². The van der Waals surface area contributed by atoms with Crippen LogP contribution in [0.2, 0.25) is 0 Å². The van der Waals surface area contributed by atoms with Crippen LogP contribution >= 0.6 is 0 Å². The van der Waals surface area contributed by atoms with Gasteiger partial charge in [-0.05, 0) is 12.1 Å². The molecule has 0 fully saturated rings. The molecule has 1 N–H and O–H groups in total. The first kappa shape index (κ1) is 9.28. The third-order valence-electron chi connectivity index (χ3n) is 2.13. The van der Waals surface area contributed by atoms with Gasteiger partial charge in [0.25, 0.3) is 0 Å². The summed E-state index contributed by atoms with van der Waals surface area (Å²) < 4.78 is 5.17. The van der Waals surface area contributed by atoms with Crippen molar-refractivity contribution in [3.05, 3.63) is 35.9 Å². The molecule has 15 heavy (non-hydrogen) atoms. The second-order valence-electron chi connectivity index (χ2n) is 3.10. The predicted octanol–water partition coefficient (Wildman–Crippen LogP) is 2.35. The maximum atomic E-state index is 11.2. The van der Waals surface area contributed by atoms with Crippen LogP contribution < -0.4 is 0 Å². The van der Waals surface area contributed by atoms with Crippen LogP contribution in [0.5, 0.6) is 0 Å². The molecule has 4 heteroatoms. The number of H-pyrrole nitrogens is 1. The minimum atomic E-state index is -0.163. The quantitative estimate of drug-likeness (QED) is 0.756. The van der Waals surface area contributed by atoms with Gasteiger partial charge in [-0.1, -0.05) is 0 Å². The Labute approximate surface area is 86.1 Å². The van der Waals surface area contributed by atoms with Crippen molar-refractivity contribution in [3.8, 4) is 17.4 Å². The van der Waals surface area contributed by atoms with E-state index in [1.165, 1.54) is 13.2 Å². The Balaban J connectivity index is 2.61. The van der Waals surface area contributed by atoms with Crippen molar-refractivity contribution < 1.29 is 9.21 Å². The molecule has 0 amide bonds. The van der Waals surface area contributed by atoms with Gasteiger partial charge in [0.2, 0.25) is 0 Å². The average Bonchev–Trinajstić information content (AvgIpc) is 2.85. The largest absolute Gasteiger partial charge is 0.464 e. The van der Waals surface area contributed by atoms with E-state index in [9.17, 15) is 4.79 Å². The Morgan fingerprint density at radius 1 is 1.60 bits per heavy atom. The van der Waals surface area contributed by atoms with E-state index in [2.05, 4.69) is 4.98 Å². The second-order valence-corrected chi connectivity index (χ2v) is 3.10. The zero-order valence-corrected chi connectivity index (χ0v) is 8.07. The molecule has 0 saturated heterocycles. The Kier molecular flexibility index (Phi) is 2.14. The molecular weight excluding hydrogens is 192 g/mol. The highest BCUT2D eigenvalue weighted by molar-refractivity contribution is 5.97. The summed E-state index contributed by atoms with van der Waals surface area (Å²) >= 11 is 0. The Bertz CT molecular complexity index is 529. The van der Waals surface area contributed by atoms with Crippen molar-refractivity contribution >= 4 is 5.78 Å². The Morgan fingerprint density at radius 3 is 2.93 bits per heavy atom. The standard InChI is InChI=1S/C11H8N2O2/c1-7(14)11-8(5-12)9(6-13-11)10-3-2-4-15-10/h2-4,6,13H,1H3. The van der Waals surface area contributed by atoms with Crippen LogP contribution in [0.15, 0.2) is 29.0 Å². The molecule has 0 atom stereocenters. The number of furan rings is 1. The van der Waals surface area contributed by atoms with Gasteiger partial charge >= 0.3 is 0 Å². The minimum Gasteiger partial charge on any atom is -0.464 e. The summed E-state index contributed by atoms with van der Waals surface area (Å²) in [6.07, 6.45) is 3.13. The van der Waals surface area contributed by atoms with Crippen LogP contribution in [0, 0.1) is 11.3 Å². The van der Waals surface area contributed by atoms with Crippen molar-refractivity contribution in [2.45, 2.75) is 6.92 Å². The molecule has 2 aromatic rings. The maximum absolute atomic E-state index is 11.2. The smallest absolute Gasteiger partial charge is 0.177 e. The molecule has 0 unspecified atom stereocenters. The summed E-state index contributed by atoms with van der Waals surface area (Å²) in [5, 5.41) is 8.97. The molecule has 0 bridgehead atoms. The number of nitrogens with zero attached hydrogens (tertiary/aromatic N) is 1. The number of Topliss-reactive ketones (excluding diaryl/α,β-unsaturated/α-hetero) is 1. The molecule has 2 aromatic heterocycles. The minimum absolute atomic E-state index is 0.163. The van der Waals surface area contributed by atoms with Gasteiger partial charge in [-0.25, -0.2) is 0 Å². The molecular formula is C11H8N2O2. The van der Waals surface area contributed by atoms with Crippen LogP contribution in [-0.4, -0.2) is 10.8 Å². The third kappa shape index (κ3) is 1.44. The second kappa shape index (κ2) is 3.46. The predicted molar refractivity (Wildman–Crippen MR) is 53.2 cm³/mol. The van der Waals surface area contributed by atoms with E-state index in [0.29, 0.717) is 22.6 Å². The van der Waals surface area contributed by atoms with Crippen molar-refractivity contribution in [2.75, 3.05) is 0 Å². The lowest BCUT2D eigenvalue weighted by Gasteiger charge is -1.93. The van der Waals surface area contributed by atoms with Crippen LogP contribution in [0.1, 0.15) is 23.0 Å². The van der Waals surface area contributed by atoms with E-state index in [4.69, 9.17) is 9.68 Å². The molecule has 0 aromatic carbocycles. The number of ketones is 1. The summed E-state index contributed by atoms with van der Waals surface area (Å²) in [4.78, 5) is 14.0. The number of carbonyl (C=O) groups excluding carboxylic acids is 1. The molecule has 2 rings (SSSR count). The summed E-state index contributed by atoms with van der Waals surface area (Å²) in [5.74, 6) is 0.416. The van der Waals surface area contributed by atoms with Crippen molar-refractivity contribution in [1.82, 2.24) is 4.98 Å². The summed E-state index contributed by atoms with van der Waals surface area (Å²) in [6.45, 7) is 1.42. The fourth-order valence-corrected chi connectivity index (χ4v) is 1.44.